The summed E-state index contributed by atoms with van der Waals surface area (Å²) in [6, 6.07) is 4.59. The molecule has 0 spiro atoms. The molecule has 1 aromatic carbocycles. The fourth-order valence-corrected chi connectivity index (χ4v) is 2.75. The summed E-state index contributed by atoms with van der Waals surface area (Å²) in [5.41, 5.74) is 0.493. The minimum absolute atomic E-state index is 0.0285. The second-order valence-electron chi connectivity index (χ2n) is 4.19. The van der Waals surface area contributed by atoms with Crippen LogP contribution in [0.4, 0.5) is 5.69 Å². The van der Waals surface area contributed by atoms with Crippen molar-refractivity contribution >= 4 is 21.4 Å². The van der Waals surface area contributed by atoms with Gasteiger partial charge in [-0.2, -0.15) is 0 Å². The number of amides is 1. The van der Waals surface area contributed by atoms with Crippen molar-refractivity contribution in [1.82, 2.24) is 0 Å². The van der Waals surface area contributed by atoms with Crippen molar-refractivity contribution in [3.63, 3.8) is 0 Å². The molecule has 18 heavy (non-hydrogen) atoms. The van der Waals surface area contributed by atoms with E-state index in [2.05, 4.69) is 0 Å². The van der Waals surface area contributed by atoms with E-state index in [-0.39, 0.29) is 16.6 Å². The summed E-state index contributed by atoms with van der Waals surface area (Å²) in [5.74, 6) is 0.369. The van der Waals surface area contributed by atoms with Crippen LogP contribution >= 0.6 is 0 Å². The Morgan fingerprint density at radius 1 is 1.39 bits per heavy atom. The van der Waals surface area contributed by atoms with Crippen LogP contribution in [0, 0.1) is 0 Å². The molecule has 0 bridgehead atoms. The van der Waals surface area contributed by atoms with Gasteiger partial charge in [0.25, 0.3) is 5.91 Å². The molecule has 98 valence electrons. The van der Waals surface area contributed by atoms with Crippen LogP contribution in [0.3, 0.4) is 0 Å². The minimum atomic E-state index is -3.28. The Kier molecular flexibility index (Phi) is 3.06. The lowest BCUT2D eigenvalue weighted by Crippen LogP contribution is -2.42. The Morgan fingerprint density at radius 3 is 2.67 bits per heavy atom. The summed E-state index contributed by atoms with van der Waals surface area (Å²) in [6.07, 6.45) is -0.545. The Morgan fingerprint density at radius 2 is 2.06 bits per heavy atom. The Hall–Kier alpha value is -1.56. The number of carbonyl (C=O) groups is 1. The van der Waals surface area contributed by atoms with Gasteiger partial charge in [-0.3, -0.25) is 4.79 Å². The molecule has 6 heteroatoms. The number of nitrogens with zero attached hydrogens (tertiary/aromatic N) is 1. The molecular formula is C12H15NO4S. The highest BCUT2D eigenvalue weighted by atomic mass is 32.2. The molecule has 0 fully saturated rings. The van der Waals surface area contributed by atoms with Crippen LogP contribution in [0.5, 0.6) is 5.75 Å². The summed E-state index contributed by atoms with van der Waals surface area (Å²) in [4.78, 5) is 13.4. The number of carbonyl (C=O) groups excluding carboxylic acids is 1. The van der Waals surface area contributed by atoms with Crippen LogP contribution in [0.15, 0.2) is 23.1 Å². The smallest absolute Gasteiger partial charge is 0.267 e. The van der Waals surface area contributed by atoms with Crippen molar-refractivity contribution in [3.05, 3.63) is 18.2 Å². The number of anilines is 1. The van der Waals surface area contributed by atoms with Gasteiger partial charge in [0.15, 0.2) is 15.9 Å². The molecule has 1 unspecified atom stereocenters. The third kappa shape index (κ3) is 1.96. The van der Waals surface area contributed by atoms with Crippen molar-refractivity contribution in [2.24, 2.45) is 0 Å². The van der Waals surface area contributed by atoms with E-state index in [9.17, 15) is 13.2 Å². The second-order valence-corrected chi connectivity index (χ2v) is 6.47. The van der Waals surface area contributed by atoms with Gasteiger partial charge in [-0.05, 0) is 25.1 Å². The number of benzene rings is 1. The Labute approximate surface area is 106 Å². The van der Waals surface area contributed by atoms with Crippen molar-refractivity contribution in [3.8, 4) is 5.75 Å². The largest absolute Gasteiger partial charge is 0.479 e. The fourth-order valence-electron chi connectivity index (χ4n) is 1.85. The minimum Gasteiger partial charge on any atom is -0.479 e. The maximum Gasteiger partial charge on any atom is 0.267 e. The van der Waals surface area contributed by atoms with Crippen LogP contribution in [0.2, 0.25) is 0 Å². The molecule has 1 amide bonds. The number of sulfone groups is 1. The molecule has 5 nitrogen and oxygen atoms in total. The zero-order valence-electron chi connectivity index (χ0n) is 10.5. The van der Waals surface area contributed by atoms with E-state index in [0.717, 1.165) is 0 Å². The van der Waals surface area contributed by atoms with Crippen LogP contribution < -0.4 is 9.64 Å². The van der Waals surface area contributed by atoms with Crippen LogP contribution in [-0.4, -0.2) is 33.2 Å². The van der Waals surface area contributed by atoms with E-state index in [1.807, 2.05) is 0 Å². The van der Waals surface area contributed by atoms with Crippen molar-refractivity contribution in [2.45, 2.75) is 24.8 Å². The summed E-state index contributed by atoms with van der Waals surface area (Å²) in [5, 5.41) is 0. The number of hydrogen-bond acceptors (Lipinski definition) is 4. The first-order valence-electron chi connectivity index (χ1n) is 5.68. The monoisotopic (exact) mass is 269 g/mol. The number of fused-ring (bicyclic) bond motifs is 1. The van der Waals surface area contributed by atoms with Gasteiger partial charge in [0.05, 0.1) is 16.3 Å². The normalized spacial score (nSPS) is 19.4. The molecule has 1 aromatic rings. The lowest BCUT2D eigenvalue weighted by molar-refractivity contribution is -0.125. The number of rotatable bonds is 2. The average molecular weight is 269 g/mol. The second kappa shape index (κ2) is 4.28. The zero-order valence-corrected chi connectivity index (χ0v) is 11.3. The Bertz CT molecular complexity index is 594. The van der Waals surface area contributed by atoms with Crippen molar-refractivity contribution in [2.75, 3.05) is 17.7 Å². The summed E-state index contributed by atoms with van der Waals surface area (Å²) in [6.45, 7) is 3.25. The summed E-state index contributed by atoms with van der Waals surface area (Å²) >= 11 is 0. The average Bonchev–Trinajstić information content (AvgIpc) is 2.35. The number of likely N-dealkylation sites (N-methyl/N-ethyl adjacent to an activating group) is 1. The van der Waals surface area contributed by atoms with E-state index in [1.54, 1.807) is 27.0 Å². The van der Waals surface area contributed by atoms with Gasteiger partial charge in [0, 0.05) is 7.05 Å². The quantitative estimate of drug-likeness (QED) is 0.810. The molecule has 1 aliphatic rings. The number of ether oxygens (including phenoxy) is 1. The van der Waals surface area contributed by atoms with Gasteiger partial charge >= 0.3 is 0 Å². The highest BCUT2D eigenvalue weighted by Gasteiger charge is 2.29. The van der Waals surface area contributed by atoms with E-state index < -0.39 is 15.9 Å². The van der Waals surface area contributed by atoms with Gasteiger partial charge in [0.2, 0.25) is 0 Å². The zero-order chi connectivity index (χ0) is 13.5. The highest BCUT2D eigenvalue weighted by molar-refractivity contribution is 7.91. The first-order chi connectivity index (χ1) is 8.36. The lowest BCUT2D eigenvalue weighted by atomic mass is 10.2. The summed E-state index contributed by atoms with van der Waals surface area (Å²) in [7, 11) is -1.67. The first kappa shape index (κ1) is 12.9. The molecule has 0 N–H and O–H groups in total. The lowest BCUT2D eigenvalue weighted by Gasteiger charge is -2.30. The molecule has 0 radical (unpaired) electrons. The molecular weight excluding hydrogens is 254 g/mol. The van der Waals surface area contributed by atoms with Gasteiger partial charge < -0.3 is 9.64 Å². The van der Waals surface area contributed by atoms with Gasteiger partial charge in [-0.25, -0.2) is 8.42 Å². The van der Waals surface area contributed by atoms with E-state index in [1.165, 1.54) is 17.0 Å². The summed E-state index contributed by atoms with van der Waals surface area (Å²) < 4.78 is 29.0. The molecule has 0 saturated heterocycles. The molecule has 0 aromatic heterocycles. The predicted molar refractivity (Wildman–Crippen MR) is 67.7 cm³/mol. The van der Waals surface area contributed by atoms with E-state index in [4.69, 9.17) is 4.74 Å². The highest BCUT2D eigenvalue weighted by Crippen LogP contribution is 2.35. The fraction of sp³-hybridized carbons (Fsp3) is 0.417. The van der Waals surface area contributed by atoms with Crippen molar-refractivity contribution in [1.29, 1.82) is 0 Å². The number of hydrogen-bond donors (Lipinski definition) is 0. The molecule has 2 rings (SSSR count). The van der Waals surface area contributed by atoms with Gasteiger partial charge in [-0.1, -0.05) is 6.92 Å². The van der Waals surface area contributed by atoms with Crippen molar-refractivity contribution < 1.29 is 17.9 Å². The van der Waals surface area contributed by atoms with E-state index >= 15 is 0 Å². The van der Waals surface area contributed by atoms with Gasteiger partial charge in [-0.15, -0.1) is 0 Å². The first-order valence-corrected chi connectivity index (χ1v) is 7.33. The van der Waals surface area contributed by atoms with Crippen LogP contribution in [0.25, 0.3) is 0 Å². The van der Waals surface area contributed by atoms with Crippen LogP contribution in [0.1, 0.15) is 13.8 Å². The molecule has 0 saturated carbocycles. The standard InChI is InChI=1S/C12H15NO4S/c1-4-18(15,16)9-5-6-11-10(7-9)13(3)12(14)8(2)17-11/h5-8H,4H2,1-3H3. The molecule has 1 heterocycles. The predicted octanol–water partition coefficient (Wildman–Crippen LogP) is 1.22. The SMILES string of the molecule is CCS(=O)(=O)c1ccc2c(c1)N(C)C(=O)C(C)O2. The van der Waals surface area contributed by atoms with E-state index in [0.29, 0.717) is 11.4 Å². The third-order valence-corrected chi connectivity index (χ3v) is 4.75. The maximum absolute atomic E-state index is 11.8. The topological polar surface area (TPSA) is 63.7 Å². The van der Waals surface area contributed by atoms with Gasteiger partial charge in [0.1, 0.15) is 5.75 Å². The molecule has 0 aliphatic carbocycles. The van der Waals surface area contributed by atoms with Crippen LogP contribution in [-0.2, 0) is 14.6 Å². The Balaban J connectivity index is 2.54. The molecule has 1 aliphatic heterocycles. The maximum atomic E-state index is 11.8. The third-order valence-electron chi connectivity index (χ3n) is 3.01. The molecule has 1 atom stereocenters.